The van der Waals surface area contributed by atoms with Gasteiger partial charge in [-0.3, -0.25) is 0 Å². The summed E-state index contributed by atoms with van der Waals surface area (Å²) >= 11 is 3.52. The third-order valence-corrected chi connectivity index (χ3v) is 3.43. The number of benzene rings is 1. The lowest BCUT2D eigenvalue weighted by Gasteiger charge is -2.08. The number of rotatable bonds is 9. The molecule has 0 bridgehead atoms. The van der Waals surface area contributed by atoms with Gasteiger partial charge in [-0.1, -0.05) is 48.0 Å². The van der Waals surface area contributed by atoms with Crippen LogP contribution in [0, 0.1) is 5.92 Å². The fourth-order valence-electron chi connectivity index (χ4n) is 1.64. The molecular weight excluding hydrogens is 290 g/mol. The zero-order valence-electron chi connectivity index (χ0n) is 11.4. The SMILES string of the molecule is CC(C)CNCCCCOCc1ccccc1Br. The maximum Gasteiger partial charge on any atom is 0.0727 e. The molecule has 0 unspecified atom stereocenters. The van der Waals surface area contributed by atoms with E-state index < -0.39 is 0 Å². The van der Waals surface area contributed by atoms with Crippen LogP contribution in [0.5, 0.6) is 0 Å². The number of halogens is 1. The van der Waals surface area contributed by atoms with Gasteiger partial charge >= 0.3 is 0 Å². The first-order valence-corrected chi connectivity index (χ1v) is 7.51. The van der Waals surface area contributed by atoms with Gasteiger partial charge in [0.25, 0.3) is 0 Å². The van der Waals surface area contributed by atoms with Crippen molar-refractivity contribution < 1.29 is 4.74 Å². The third kappa shape index (κ3) is 7.14. The Labute approximate surface area is 119 Å². The predicted molar refractivity (Wildman–Crippen MR) is 80.7 cm³/mol. The van der Waals surface area contributed by atoms with Gasteiger partial charge in [0.2, 0.25) is 0 Å². The van der Waals surface area contributed by atoms with E-state index in [1.165, 1.54) is 12.0 Å². The zero-order valence-corrected chi connectivity index (χ0v) is 13.0. The average molecular weight is 314 g/mol. The minimum atomic E-state index is 0.695. The molecule has 18 heavy (non-hydrogen) atoms. The Morgan fingerprint density at radius 2 is 2.00 bits per heavy atom. The number of unbranched alkanes of at least 4 members (excludes halogenated alkanes) is 1. The maximum atomic E-state index is 5.67. The van der Waals surface area contributed by atoms with Gasteiger partial charge in [0.1, 0.15) is 0 Å². The predicted octanol–water partition coefficient (Wildman–Crippen LogP) is 3.99. The van der Waals surface area contributed by atoms with E-state index in [2.05, 4.69) is 47.2 Å². The first-order chi connectivity index (χ1) is 8.70. The van der Waals surface area contributed by atoms with Crippen molar-refractivity contribution in [2.45, 2.75) is 33.3 Å². The molecule has 0 aliphatic rings. The molecule has 0 aliphatic heterocycles. The van der Waals surface area contributed by atoms with Crippen LogP contribution in [0.3, 0.4) is 0 Å². The molecular formula is C15H24BrNO. The van der Waals surface area contributed by atoms with Crippen molar-refractivity contribution in [1.29, 1.82) is 0 Å². The molecule has 1 N–H and O–H groups in total. The summed E-state index contributed by atoms with van der Waals surface area (Å²) in [7, 11) is 0. The van der Waals surface area contributed by atoms with E-state index in [1.807, 2.05) is 12.1 Å². The Kier molecular flexibility index (Phi) is 8.31. The summed E-state index contributed by atoms with van der Waals surface area (Å²) in [5.74, 6) is 0.733. The number of hydrogen-bond donors (Lipinski definition) is 1. The van der Waals surface area contributed by atoms with Gasteiger partial charge in [-0.2, -0.15) is 0 Å². The second kappa shape index (κ2) is 9.54. The van der Waals surface area contributed by atoms with E-state index in [0.29, 0.717) is 6.61 Å². The largest absolute Gasteiger partial charge is 0.377 e. The summed E-state index contributed by atoms with van der Waals surface area (Å²) in [5.41, 5.74) is 1.22. The molecule has 1 aromatic carbocycles. The Morgan fingerprint density at radius 1 is 1.22 bits per heavy atom. The first kappa shape index (κ1) is 15.7. The maximum absolute atomic E-state index is 5.67. The topological polar surface area (TPSA) is 21.3 Å². The molecule has 0 atom stereocenters. The standard InChI is InChI=1S/C15H24BrNO/c1-13(2)11-17-9-5-6-10-18-12-14-7-3-4-8-15(14)16/h3-4,7-8,13,17H,5-6,9-12H2,1-2H3. The van der Waals surface area contributed by atoms with E-state index in [1.54, 1.807) is 0 Å². The molecule has 0 saturated carbocycles. The van der Waals surface area contributed by atoms with Crippen LogP contribution in [-0.2, 0) is 11.3 Å². The van der Waals surface area contributed by atoms with E-state index in [-0.39, 0.29) is 0 Å². The van der Waals surface area contributed by atoms with Crippen molar-refractivity contribution in [3.8, 4) is 0 Å². The first-order valence-electron chi connectivity index (χ1n) is 6.72. The monoisotopic (exact) mass is 313 g/mol. The summed E-state index contributed by atoms with van der Waals surface area (Å²) in [6.07, 6.45) is 2.30. The van der Waals surface area contributed by atoms with Gasteiger partial charge in [0, 0.05) is 11.1 Å². The van der Waals surface area contributed by atoms with Crippen LogP contribution in [0.1, 0.15) is 32.3 Å². The number of hydrogen-bond acceptors (Lipinski definition) is 2. The van der Waals surface area contributed by atoms with Crippen molar-refractivity contribution in [2.24, 2.45) is 5.92 Å². The molecule has 0 heterocycles. The van der Waals surface area contributed by atoms with Crippen molar-refractivity contribution in [1.82, 2.24) is 5.32 Å². The molecule has 3 heteroatoms. The lowest BCUT2D eigenvalue weighted by Crippen LogP contribution is -2.20. The lowest BCUT2D eigenvalue weighted by atomic mass is 10.2. The summed E-state index contributed by atoms with van der Waals surface area (Å²) in [6.45, 7) is 8.20. The van der Waals surface area contributed by atoms with Crippen molar-refractivity contribution in [3.63, 3.8) is 0 Å². The van der Waals surface area contributed by atoms with Crippen LogP contribution in [0.2, 0.25) is 0 Å². The summed E-state index contributed by atoms with van der Waals surface area (Å²) < 4.78 is 6.80. The zero-order chi connectivity index (χ0) is 13.2. The molecule has 0 spiro atoms. The molecule has 0 saturated heterocycles. The molecule has 0 fully saturated rings. The molecule has 1 aromatic rings. The normalized spacial score (nSPS) is 11.1. The van der Waals surface area contributed by atoms with Crippen LogP contribution >= 0.6 is 15.9 Å². The fourth-order valence-corrected chi connectivity index (χ4v) is 2.04. The number of nitrogens with one attached hydrogen (secondary N) is 1. The Balaban J connectivity index is 1.98. The molecule has 0 amide bonds. The quantitative estimate of drug-likeness (QED) is 0.696. The lowest BCUT2D eigenvalue weighted by molar-refractivity contribution is 0.117. The summed E-state index contributed by atoms with van der Waals surface area (Å²) in [4.78, 5) is 0. The van der Waals surface area contributed by atoms with Crippen LogP contribution in [0.15, 0.2) is 28.7 Å². The molecule has 2 nitrogen and oxygen atoms in total. The van der Waals surface area contributed by atoms with Crippen molar-refractivity contribution in [3.05, 3.63) is 34.3 Å². The minimum Gasteiger partial charge on any atom is -0.377 e. The molecule has 102 valence electrons. The van der Waals surface area contributed by atoms with Crippen LogP contribution in [-0.4, -0.2) is 19.7 Å². The van der Waals surface area contributed by atoms with Gasteiger partial charge in [0.15, 0.2) is 0 Å². The van der Waals surface area contributed by atoms with Crippen molar-refractivity contribution >= 4 is 15.9 Å². The Bertz CT molecular complexity index is 328. The van der Waals surface area contributed by atoms with E-state index in [0.717, 1.165) is 36.5 Å². The second-order valence-electron chi connectivity index (χ2n) is 4.95. The minimum absolute atomic E-state index is 0.695. The van der Waals surface area contributed by atoms with Crippen molar-refractivity contribution in [2.75, 3.05) is 19.7 Å². The van der Waals surface area contributed by atoms with Crippen LogP contribution < -0.4 is 5.32 Å². The molecule has 1 rings (SSSR count). The second-order valence-corrected chi connectivity index (χ2v) is 5.80. The third-order valence-electron chi connectivity index (χ3n) is 2.66. The molecule has 0 aromatic heterocycles. The van der Waals surface area contributed by atoms with E-state index in [4.69, 9.17) is 4.74 Å². The Hall–Kier alpha value is -0.380. The number of ether oxygens (including phenoxy) is 1. The van der Waals surface area contributed by atoms with Gasteiger partial charge in [-0.15, -0.1) is 0 Å². The van der Waals surface area contributed by atoms with E-state index in [9.17, 15) is 0 Å². The fraction of sp³-hybridized carbons (Fsp3) is 0.600. The van der Waals surface area contributed by atoms with Gasteiger partial charge < -0.3 is 10.1 Å². The van der Waals surface area contributed by atoms with Crippen LogP contribution in [0.4, 0.5) is 0 Å². The summed E-state index contributed by atoms with van der Waals surface area (Å²) in [6, 6.07) is 8.20. The van der Waals surface area contributed by atoms with Gasteiger partial charge in [-0.05, 0) is 43.5 Å². The van der Waals surface area contributed by atoms with Crippen LogP contribution in [0.25, 0.3) is 0 Å². The smallest absolute Gasteiger partial charge is 0.0727 e. The average Bonchev–Trinajstić information content (AvgIpc) is 2.34. The molecule has 0 radical (unpaired) electrons. The molecule has 0 aliphatic carbocycles. The van der Waals surface area contributed by atoms with E-state index >= 15 is 0 Å². The highest BCUT2D eigenvalue weighted by Crippen LogP contribution is 2.16. The highest BCUT2D eigenvalue weighted by atomic mass is 79.9. The summed E-state index contributed by atoms with van der Waals surface area (Å²) in [5, 5.41) is 3.44. The van der Waals surface area contributed by atoms with Gasteiger partial charge in [-0.25, -0.2) is 0 Å². The highest BCUT2D eigenvalue weighted by molar-refractivity contribution is 9.10. The van der Waals surface area contributed by atoms with Gasteiger partial charge in [0.05, 0.1) is 6.61 Å². The Morgan fingerprint density at radius 3 is 2.72 bits per heavy atom. The highest BCUT2D eigenvalue weighted by Gasteiger charge is 1.98.